The summed E-state index contributed by atoms with van der Waals surface area (Å²) in [6.45, 7) is 14.6. The van der Waals surface area contributed by atoms with Crippen LogP contribution >= 0.6 is 0 Å². The van der Waals surface area contributed by atoms with Crippen molar-refractivity contribution < 1.29 is 14.4 Å². The first-order valence-electron chi connectivity index (χ1n) is 12.3. The molecule has 0 unspecified atom stereocenters. The second-order valence-electron chi connectivity index (χ2n) is 10.5. The van der Waals surface area contributed by atoms with E-state index in [1.54, 1.807) is 6.92 Å². The number of unbranched alkanes of at least 4 members (excludes halogenated alkanes) is 9. The van der Waals surface area contributed by atoms with Gasteiger partial charge >= 0.3 is 5.97 Å². The summed E-state index contributed by atoms with van der Waals surface area (Å²) in [4.78, 5) is 31.7. The van der Waals surface area contributed by atoms with E-state index in [2.05, 4.69) is 39.5 Å². The molecule has 0 radical (unpaired) electrons. The molecule has 1 rings (SSSR count). The van der Waals surface area contributed by atoms with Crippen LogP contribution < -0.4 is 0 Å². The number of piperidine rings is 1. The van der Waals surface area contributed by atoms with Crippen molar-refractivity contribution in [3.8, 4) is 0 Å². The average molecular weight is 425 g/mol. The number of rotatable bonds is 13. The van der Waals surface area contributed by atoms with Crippen molar-refractivity contribution in [2.24, 2.45) is 0 Å². The molecule has 0 aromatic rings. The third-order valence-electron chi connectivity index (χ3n) is 6.39. The van der Waals surface area contributed by atoms with Crippen molar-refractivity contribution in [3.63, 3.8) is 0 Å². The van der Waals surface area contributed by atoms with Gasteiger partial charge in [0.25, 0.3) is 0 Å². The highest BCUT2D eigenvalue weighted by molar-refractivity contribution is 5.73. The van der Waals surface area contributed by atoms with Gasteiger partial charge in [-0.05, 0) is 47.0 Å². The molecule has 176 valence electrons. The van der Waals surface area contributed by atoms with Crippen molar-refractivity contribution in [3.05, 3.63) is 0 Å². The molecule has 1 amide bonds. The minimum atomic E-state index is -0.316. The van der Waals surface area contributed by atoms with E-state index in [1.165, 1.54) is 64.7 Å². The van der Waals surface area contributed by atoms with Gasteiger partial charge in [0.2, 0.25) is 5.91 Å². The Hall–Kier alpha value is -1.10. The van der Waals surface area contributed by atoms with E-state index in [0.29, 0.717) is 0 Å². The first kappa shape index (κ1) is 26.9. The molecule has 1 fully saturated rings. The molecule has 1 aliphatic heterocycles. The van der Waals surface area contributed by atoms with Crippen LogP contribution in [0.25, 0.3) is 0 Å². The predicted octanol–water partition coefficient (Wildman–Crippen LogP) is 6.26. The van der Waals surface area contributed by atoms with Gasteiger partial charge in [0, 0.05) is 26.4 Å². The maximum atomic E-state index is 12.4. The zero-order chi connectivity index (χ0) is 22.8. The Morgan fingerprint density at radius 3 is 1.67 bits per heavy atom. The van der Waals surface area contributed by atoms with Gasteiger partial charge in [0.1, 0.15) is 0 Å². The highest BCUT2D eigenvalue weighted by Gasteiger charge is 2.49. The molecular formula is C25H48N2O3. The zero-order valence-corrected chi connectivity index (χ0v) is 20.9. The standard InChI is InChI=1S/C25H48N2O3/c1-8-9-10-11-12-13-14-15-16-17-18-26(21(2)28)23-19-24(4,5)27(30-22(3)29)25(6,7)20-23/h23H,8-20H2,1-7H3. The highest BCUT2D eigenvalue weighted by Crippen LogP contribution is 2.40. The predicted molar refractivity (Wildman–Crippen MR) is 124 cm³/mol. The van der Waals surface area contributed by atoms with Crippen LogP contribution in [0.5, 0.6) is 0 Å². The van der Waals surface area contributed by atoms with E-state index in [1.807, 2.05) is 5.06 Å². The monoisotopic (exact) mass is 424 g/mol. The number of hydrogen-bond donors (Lipinski definition) is 0. The molecule has 0 aliphatic carbocycles. The lowest BCUT2D eigenvalue weighted by Crippen LogP contribution is -2.64. The Balaban J connectivity index is 2.49. The molecule has 1 saturated heterocycles. The summed E-state index contributed by atoms with van der Waals surface area (Å²) in [7, 11) is 0. The Morgan fingerprint density at radius 1 is 0.833 bits per heavy atom. The topological polar surface area (TPSA) is 49.9 Å². The van der Waals surface area contributed by atoms with E-state index in [0.717, 1.165) is 25.8 Å². The SMILES string of the molecule is CCCCCCCCCCCCN(C(C)=O)C1CC(C)(C)N(OC(C)=O)C(C)(C)C1. The number of carbonyl (C=O) groups is 2. The molecule has 30 heavy (non-hydrogen) atoms. The number of carbonyl (C=O) groups excluding carboxylic acids is 2. The minimum Gasteiger partial charge on any atom is -0.367 e. The van der Waals surface area contributed by atoms with Crippen molar-refractivity contribution in [1.29, 1.82) is 0 Å². The number of amides is 1. The van der Waals surface area contributed by atoms with Gasteiger partial charge in [-0.15, -0.1) is 5.06 Å². The molecule has 0 atom stereocenters. The number of hydroxylamine groups is 2. The molecule has 1 heterocycles. The van der Waals surface area contributed by atoms with E-state index >= 15 is 0 Å². The third kappa shape index (κ3) is 8.95. The van der Waals surface area contributed by atoms with Crippen molar-refractivity contribution in [2.75, 3.05) is 6.54 Å². The molecule has 0 aromatic heterocycles. The second-order valence-corrected chi connectivity index (χ2v) is 10.5. The Labute approximate surface area is 185 Å². The molecule has 5 heteroatoms. The van der Waals surface area contributed by atoms with Crippen LogP contribution in [0.15, 0.2) is 0 Å². The van der Waals surface area contributed by atoms with Gasteiger partial charge in [-0.25, -0.2) is 0 Å². The molecule has 0 N–H and O–H groups in total. The molecule has 0 saturated carbocycles. The van der Waals surface area contributed by atoms with E-state index in [4.69, 9.17) is 4.84 Å². The molecule has 0 aromatic carbocycles. The first-order chi connectivity index (χ1) is 14.0. The van der Waals surface area contributed by atoms with E-state index < -0.39 is 0 Å². The summed E-state index contributed by atoms with van der Waals surface area (Å²) < 4.78 is 0. The third-order valence-corrected chi connectivity index (χ3v) is 6.39. The zero-order valence-electron chi connectivity index (χ0n) is 20.9. The summed E-state index contributed by atoms with van der Waals surface area (Å²) in [6.07, 6.45) is 14.6. The maximum absolute atomic E-state index is 12.4. The average Bonchev–Trinajstić information content (AvgIpc) is 2.61. The number of hydrogen-bond acceptors (Lipinski definition) is 4. The smallest absolute Gasteiger partial charge is 0.322 e. The van der Waals surface area contributed by atoms with Crippen LogP contribution in [0, 0.1) is 0 Å². The summed E-state index contributed by atoms with van der Waals surface area (Å²) >= 11 is 0. The second kappa shape index (κ2) is 12.7. The fourth-order valence-corrected chi connectivity index (χ4v) is 5.17. The van der Waals surface area contributed by atoms with Crippen LogP contribution in [-0.4, -0.2) is 45.5 Å². The van der Waals surface area contributed by atoms with Gasteiger partial charge in [0.15, 0.2) is 0 Å². The largest absolute Gasteiger partial charge is 0.367 e. The Kier molecular flexibility index (Phi) is 11.4. The van der Waals surface area contributed by atoms with Crippen LogP contribution in [-0.2, 0) is 14.4 Å². The molecular weight excluding hydrogens is 376 g/mol. The van der Waals surface area contributed by atoms with E-state index in [9.17, 15) is 9.59 Å². The van der Waals surface area contributed by atoms with Crippen LogP contribution in [0.2, 0.25) is 0 Å². The molecule has 1 aliphatic rings. The van der Waals surface area contributed by atoms with E-state index in [-0.39, 0.29) is 29.0 Å². The van der Waals surface area contributed by atoms with Crippen LogP contribution in [0.4, 0.5) is 0 Å². The lowest BCUT2D eigenvalue weighted by Gasteiger charge is -2.54. The summed E-state index contributed by atoms with van der Waals surface area (Å²) in [6, 6.07) is 0.179. The normalized spacial score (nSPS) is 18.9. The minimum absolute atomic E-state index is 0.156. The van der Waals surface area contributed by atoms with Gasteiger partial charge in [-0.1, -0.05) is 64.7 Å². The number of nitrogens with zero attached hydrogens (tertiary/aromatic N) is 2. The summed E-state index contributed by atoms with van der Waals surface area (Å²) in [5.74, 6) is -0.133. The maximum Gasteiger partial charge on any atom is 0.322 e. The van der Waals surface area contributed by atoms with Gasteiger partial charge in [0.05, 0.1) is 11.1 Å². The van der Waals surface area contributed by atoms with Gasteiger partial charge < -0.3 is 9.74 Å². The molecule has 0 spiro atoms. The van der Waals surface area contributed by atoms with Gasteiger partial charge in [-0.3, -0.25) is 9.59 Å². The van der Waals surface area contributed by atoms with Gasteiger partial charge in [-0.2, -0.15) is 0 Å². The van der Waals surface area contributed by atoms with Crippen LogP contribution in [0.3, 0.4) is 0 Å². The summed E-state index contributed by atoms with van der Waals surface area (Å²) in [5.41, 5.74) is -0.632. The quantitative estimate of drug-likeness (QED) is 0.328. The molecule has 0 bridgehead atoms. The highest BCUT2D eigenvalue weighted by atomic mass is 16.7. The Bertz CT molecular complexity index is 512. The van der Waals surface area contributed by atoms with Crippen molar-refractivity contribution in [2.45, 2.75) is 143 Å². The molecule has 5 nitrogen and oxygen atoms in total. The Morgan fingerprint density at radius 2 is 1.27 bits per heavy atom. The van der Waals surface area contributed by atoms with Crippen LogP contribution in [0.1, 0.15) is 126 Å². The fraction of sp³-hybridized carbons (Fsp3) is 0.920. The summed E-state index contributed by atoms with van der Waals surface area (Å²) in [5, 5.41) is 1.84. The fourth-order valence-electron chi connectivity index (χ4n) is 5.17. The first-order valence-corrected chi connectivity index (χ1v) is 12.3. The van der Waals surface area contributed by atoms with Crippen molar-refractivity contribution in [1.82, 2.24) is 9.96 Å². The lowest BCUT2D eigenvalue weighted by atomic mass is 9.78. The lowest BCUT2D eigenvalue weighted by molar-refractivity contribution is -0.270. The van der Waals surface area contributed by atoms with Crippen molar-refractivity contribution >= 4 is 11.9 Å².